The van der Waals surface area contributed by atoms with E-state index in [1.165, 1.54) is 0 Å². The number of aromatic nitrogens is 2. The van der Waals surface area contributed by atoms with Crippen LogP contribution in [0, 0.1) is 6.92 Å². The zero-order chi connectivity index (χ0) is 15.6. The number of carbonyl (C=O) groups is 1. The Morgan fingerprint density at radius 2 is 2.14 bits per heavy atom. The number of rotatable bonds is 4. The number of hydrogen-bond donors (Lipinski definition) is 2. The molecule has 0 unspecified atom stereocenters. The van der Waals surface area contributed by atoms with Gasteiger partial charge in [-0.25, -0.2) is 0 Å². The van der Waals surface area contributed by atoms with E-state index in [9.17, 15) is 9.90 Å². The Hall–Kier alpha value is -1.40. The minimum Gasteiger partial charge on any atom is -0.388 e. The molecular weight excluding hydrogens is 282 g/mol. The van der Waals surface area contributed by atoms with Crippen LogP contribution in [-0.4, -0.2) is 46.2 Å². The normalized spacial score (nSPS) is 21.9. The average molecular weight is 307 g/mol. The smallest absolute Gasteiger partial charge is 0.254 e. The van der Waals surface area contributed by atoms with E-state index in [-0.39, 0.29) is 5.91 Å². The average Bonchev–Trinajstić information content (AvgIpc) is 3.13. The molecule has 0 aromatic carbocycles. The summed E-state index contributed by atoms with van der Waals surface area (Å²) in [6.07, 6.45) is 7.12. The van der Waals surface area contributed by atoms with Crippen LogP contribution in [0.25, 0.3) is 0 Å². The summed E-state index contributed by atoms with van der Waals surface area (Å²) >= 11 is 0. The third-order valence-corrected chi connectivity index (χ3v) is 4.94. The maximum Gasteiger partial charge on any atom is 0.254 e. The molecule has 0 spiro atoms. The summed E-state index contributed by atoms with van der Waals surface area (Å²) in [5, 5.41) is 17.6. The lowest BCUT2D eigenvalue weighted by molar-refractivity contribution is 0.0449. The summed E-state index contributed by atoms with van der Waals surface area (Å²) in [5.74, 6) is -0.142. The van der Waals surface area contributed by atoms with E-state index in [2.05, 4.69) is 10.4 Å². The van der Waals surface area contributed by atoms with Crippen molar-refractivity contribution in [2.45, 2.75) is 57.1 Å². The number of nitrogens with zero attached hydrogens (tertiary/aromatic N) is 2. The van der Waals surface area contributed by atoms with E-state index < -0.39 is 5.60 Å². The van der Waals surface area contributed by atoms with Crippen molar-refractivity contribution in [3.05, 3.63) is 17.5 Å². The van der Waals surface area contributed by atoms with Crippen LogP contribution in [0.15, 0.2) is 6.20 Å². The van der Waals surface area contributed by atoms with Crippen molar-refractivity contribution in [2.75, 3.05) is 19.8 Å². The molecule has 1 aliphatic heterocycles. The van der Waals surface area contributed by atoms with Gasteiger partial charge in [-0.05, 0) is 32.6 Å². The highest BCUT2D eigenvalue weighted by Crippen LogP contribution is 2.29. The van der Waals surface area contributed by atoms with Crippen molar-refractivity contribution >= 4 is 5.91 Å². The van der Waals surface area contributed by atoms with Crippen molar-refractivity contribution in [3.63, 3.8) is 0 Å². The van der Waals surface area contributed by atoms with Crippen LogP contribution < -0.4 is 5.32 Å². The molecule has 1 saturated heterocycles. The van der Waals surface area contributed by atoms with Crippen molar-refractivity contribution in [1.29, 1.82) is 0 Å². The van der Waals surface area contributed by atoms with E-state index in [1.54, 1.807) is 6.20 Å². The summed E-state index contributed by atoms with van der Waals surface area (Å²) in [7, 11) is 0. The molecule has 122 valence electrons. The predicted octanol–water partition coefficient (Wildman–Crippen LogP) is 1.58. The van der Waals surface area contributed by atoms with Gasteiger partial charge in [0.15, 0.2) is 0 Å². The fourth-order valence-electron chi connectivity index (χ4n) is 3.49. The summed E-state index contributed by atoms with van der Waals surface area (Å²) < 4.78 is 7.32. The number of carbonyl (C=O) groups excluding carboxylic acids is 1. The van der Waals surface area contributed by atoms with Crippen LogP contribution in [0.1, 0.15) is 60.6 Å². The summed E-state index contributed by atoms with van der Waals surface area (Å²) in [6, 6.07) is 0.314. The molecule has 1 aromatic heterocycles. The van der Waals surface area contributed by atoms with Gasteiger partial charge in [0.05, 0.1) is 23.4 Å². The zero-order valence-corrected chi connectivity index (χ0v) is 13.2. The standard InChI is InChI=1S/C16H25N3O3/c1-12-14(10-18-19(12)13-4-8-22-9-5-13)15(20)17-11-16(21)6-2-3-7-16/h10,13,21H,2-9,11H2,1H3,(H,17,20). The Morgan fingerprint density at radius 3 is 2.82 bits per heavy atom. The quantitative estimate of drug-likeness (QED) is 0.885. The van der Waals surface area contributed by atoms with Crippen molar-refractivity contribution in [1.82, 2.24) is 15.1 Å². The Kier molecular flexibility index (Phi) is 4.49. The first-order valence-electron chi connectivity index (χ1n) is 8.21. The molecule has 2 heterocycles. The lowest BCUT2D eigenvalue weighted by Gasteiger charge is -2.24. The fraction of sp³-hybridized carbons (Fsp3) is 0.750. The lowest BCUT2D eigenvalue weighted by atomic mass is 10.0. The van der Waals surface area contributed by atoms with Crippen LogP contribution in [0.4, 0.5) is 0 Å². The summed E-state index contributed by atoms with van der Waals surface area (Å²) in [6.45, 7) is 3.76. The molecule has 6 heteroatoms. The Labute approximate surface area is 130 Å². The molecule has 6 nitrogen and oxygen atoms in total. The van der Waals surface area contributed by atoms with E-state index in [4.69, 9.17) is 4.74 Å². The van der Waals surface area contributed by atoms with Gasteiger partial charge in [-0.3, -0.25) is 9.48 Å². The molecule has 1 amide bonds. The first-order chi connectivity index (χ1) is 10.6. The highest BCUT2D eigenvalue weighted by Gasteiger charge is 2.32. The van der Waals surface area contributed by atoms with Gasteiger partial charge in [0.25, 0.3) is 5.91 Å². The highest BCUT2D eigenvalue weighted by molar-refractivity contribution is 5.95. The van der Waals surface area contributed by atoms with Gasteiger partial charge >= 0.3 is 0 Å². The number of ether oxygens (including phenoxy) is 1. The van der Waals surface area contributed by atoms with Crippen molar-refractivity contribution < 1.29 is 14.6 Å². The molecule has 2 fully saturated rings. The molecule has 0 radical (unpaired) electrons. The van der Waals surface area contributed by atoms with E-state index in [0.29, 0.717) is 18.2 Å². The van der Waals surface area contributed by atoms with Crippen LogP contribution in [0.2, 0.25) is 0 Å². The second-order valence-electron chi connectivity index (χ2n) is 6.55. The Morgan fingerprint density at radius 1 is 1.45 bits per heavy atom. The second-order valence-corrected chi connectivity index (χ2v) is 6.55. The summed E-state index contributed by atoms with van der Waals surface area (Å²) in [5.41, 5.74) is 0.774. The van der Waals surface area contributed by atoms with Gasteiger partial charge in [-0.1, -0.05) is 12.8 Å². The number of nitrogens with one attached hydrogen (secondary N) is 1. The molecule has 22 heavy (non-hydrogen) atoms. The first kappa shape index (κ1) is 15.5. The van der Waals surface area contributed by atoms with Crippen molar-refractivity contribution in [2.24, 2.45) is 0 Å². The minimum absolute atomic E-state index is 0.142. The molecule has 0 atom stereocenters. The van der Waals surface area contributed by atoms with E-state index >= 15 is 0 Å². The van der Waals surface area contributed by atoms with Gasteiger partial charge in [0.1, 0.15) is 0 Å². The number of hydrogen-bond acceptors (Lipinski definition) is 4. The first-order valence-corrected chi connectivity index (χ1v) is 8.21. The monoisotopic (exact) mass is 307 g/mol. The fourth-order valence-corrected chi connectivity index (χ4v) is 3.49. The molecule has 0 bridgehead atoms. The second kappa shape index (κ2) is 6.38. The van der Waals surface area contributed by atoms with Gasteiger partial charge in [0.2, 0.25) is 0 Å². The third kappa shape index (κ3) is 3.17. The molecule has 2 aliphatic rings. The molecule has 1 aliphatic carbocycles. The molecule has 1 aromatic rings. The number of amides is 1. The SMILES string of the molecule is Cc1c(C(=O)NCC2(O)CCCC2)cnn1C1CCOCC1. The van der Waals surface area contributed by atoms with Gasteiger partial charge in [-0.15, -0.1) is 0 Å². The zero-order valence-electron chi connectivity index (χ0n) is 13.2. The molecule has 3 rings (SSSR count). The highest BCUT2D eigenvalue weighted by atomic mass is 16.5. The van der Waals surface area contributed by atoms with Crippen LogP contribution in [-0.2, 0) is 4.74 Å². The number of aliphatic hydroxyl groups is 1. The van der Waals surface area contributed by atoms with Crippen LogP contribution >= 0.6 is 0 Å². The van der Waals surface area contributed by atoms with E-state index in [1.807, 2.05) is 11.6 Å². The van der Waals surface area contributed by atoms with E-state index in [0.717, 1.165) is 57.4 Å². The largest absolute Gasteiger partial charge is 0.388 e. The Balaban J connectivity index is 1.64. The third-order valence-electron chi connectivity index (χ3n) is 4.94. The predicted molar refractivity (Wildman–Crippen MR) is 81.8 cm³/mol. The maximum atomic E-state index is 12.4. The van der Waals surface area contributed by atoms with Crippen LogP contribution in [0.5, 0.6) is 0 Å². The van der Waals surface area contributed by atoms with Gasteiger partial charge in [-0.2, -0.15) is 5.10 Å². The Bertz CT molecular complexity index is 529. The molecule has 1 saturated carbocycles. The summed E-state index contributed by atoms with van der Waals surface area (Å²) in [4.78, 5) is 12.4. The van der Waals surface area contributed by atoms with Gasteiger partial charge in [0, 0.05) is 25.5 Å². The molecule has 2 N–H and O–H groups in total. The van der Waals surface area contributed by atoms with Gasteiger partial charge < -0.3 is 15.2 Å². The maximum absolute atomic E-state index is 12.4. The van der Waals surface area contributed by atoms with Crippen LogP contribution in [0.3, 0.4) is 0 Å². The molecular formula is C16H25N3O3. The van der Waals surface area contributed by atoms with Crippen molar-refractivity contribution in [3.8, 4) is 0 Å². The topological polar surface area (TPSA) is 76.4 Å². The minimum atomic E-state index is -0.722. The lowest BCUT2D eigenvalue weighted by Crippen LogP contribution is -2.40.